The van der Waals surface area contributed by atoms with Gasteiger partial charge < -0.3 is 56.8 Å². The predicted octanol–water partition coefficient (Wildman–Crippen LogP) is 7.71. The Morgan fingerprint density at radius 3 is 0.673 bits per heavy atom. The Morgan fingerprint density at radius 1 is 0.236 bits per heavy atom. The van der Waals surface area contributed by atoms with E-state index in [4.69, 9.17) is 56.8 Å². The van der Waals surface area contributed by atoms with Crippen LogP contribution in [0.4, 0.5) is 0 Å². The highest BCUT2D eigenvalue weighted by molar-refractivity contribution is 4.50. The van der Waals surface area contributed by atoms with Crippen LogP contribution in [0.15, 0.2) is 0 Å². The third kappa shape index (κ3) is 51.5. The van der Waals surface area contributed by atoms with E-state index in [0.29, 0.717) is 151 Å². The summed E-state index contributed by atoms with van der Waals surface area (Å²) in [5.41, 5.74) is 0. The Balaban J connectivity index is 3.06. The lowest BCUT2D eigenvalue weighted by atomic mass is 10.0. The zero-order chi connectivity index (χ0) is 39.6. The van der Waals surface area contributed by atoms with Crippen LogP contribution in [-0.4, -0.2) is 159 Å². The fourth-order valence-electron chi connectivity index (χ4n) is 5.22. The molecule has 0 aliphatic carbocycles. The second kappa shape index (κ2) is 51.5. The molecule has 0 spiro atoms. The summed E-state index contributed by atoms with van der Waals surface area (Å²) in [6.45, 7) is 20.4. The second-order valence-electron chi connectivity index (χ2n) is 13.9. The minimum atomic E-state index is 0.521. The summed E-state index contributed by atoms with van der Waals surface area (Å²) >= 11 is 0. The number of hydrogen-bond acceptors (Lipinski definition) is 12. The summed E-state index contributed by atoms with van der Waals surface area (Å²) in [5.74, 6) is 0.599. The van der Waals surface area contributed by atoms with E-state index < -0.39 is 0 Å². The Hall–Kier alpha value is -0.480. The fraction of sp³-hybridized carbons (Fsp3) is 1.00. The van der Waals surface area contributed by atoms with Crippen molar-refractivity contribution in [2.24, 2.45) is 5.92 Å². The lowest BCUT2D eigenvalue weighted by Gasteiger charge is -2.10. The molecule has 0 rings (SSSR count). The molecule has 0 aromatic carbocycles. The fourth-order valence-corrected chi connectivity index (χ4v) is 5.22. The van der Waals surface area contributed by atoms with Crippen LogP contribution in [0.5, 0.6) is 0 Å². The molecular weight excluding hydrogens is 708 g/mol. The van der Waals surface area contributed by atoms with Gasteiger partial charge in [-0.25, -0.2) is 0 Å². The molecule has 1 atom stereocenters. The number of ether oxygens (including phenoxy) is 12. The molecule has 1 unspecified atom stereocenters. The van der Waals surface area contributed by atoms with Crippen LogP contribution in [0.2, 0.25) is 0 Å². The smallest absolute Gasteiger partial charge is 0.0701 e. The minimum absolute atomic E-state index is 0.521. The molecule has 12 heteroatoms. The minimum Gasteiger partial charge on any atom is -0.379 e. The van der Waals surface area contributed by atoms with Gasteiger partial charge >= 0.3 is 0 Å². The maximum Gasteiger partial charge on any atom is 0.0701 e. The summed E-state index contributed by atoms with van der Waals surface area (Å²) in [5, 5.41) is 0. The monoisotopic (exact) mass is 797 g/mol. The van der Waals surface area contributed by atoms with Crippen molar-refractivity contribution in [2.45, 2.75) is 117 Å². The first-order chi connectivity index (χ1) is 27.3. The summed E-state index contributed by atoms with van der Waals surface area (Å²) in [4.78, 5) is 0. The lowest BCUT2D eigenvalue weighted by molar-refractivity contribution is -0.0286. The normalized spacial score (nSPS) is 12.3. The van der Waals surface area contributed by atoms with Crippen molar-refractivity contribution in [3.8, 4) is 0 Å². The molecular formula is C43H88O12. The summed E-state index contributed by atoms with van der Waals surface area (Å²) in [6, 6.07) is 0. The first-order valence-corrected chi connectivity index (χ1v) is 22.2. The molecule has 0 bridgehead atoms. The van der Waals surface area contributed by atoms with E-state index in [9.17, 15) is 0 Å². The third-order valence-electron chi connectivity index (χ3n) is 8.83. The van der Waals surface area contributed by atoms with Crippen molar-refractivity contribution in [3.63, 3.8) is 0 Å². The first kappa shape index (κ1) is 54.5. The van der Waals surface area contributed by atoms with Gasteiger partial charge in [-0.05, 0) is 12.3 Å². The molecule has 0 N–H and O–H groups in total. The Kier molecular flexibility index (Phi) is 51.1. The number of unbranched alkanes of at least 4 members (excludes halogenated alkanes) is 13. The second-order valence-corrected chi connectivity index (χ2v) is 13.9. The average molecular weight is 797 g/mol. The zero-order valence-electron chi connectivity index (χ0n) is 36.1. The Morgan fingerprint density at radius 2 is 0.436 bits per heavy atom. The highest BCUT2D eigenvalue weighted by Gasteiger charge is 2.00. The number of rotatable bonds is 51. The van der Waals surface area contributed by atoms with E-state index in [2.05, 4.69) is 20.8 Å². The van der Waals surface area contributed by atoms with Crippen molar-refractivity contribution in [1.29, 1.82) is 0 Å². The highest BCUT2D eigenvalue weighted by Crippen LogP contribution is 2.13. The van der Waals surface area contributed by atoms with Crippen molar-refractivity contribution in [1.82, 2.24) is 0 Å². The summed E-state index contributed by atoms with van der Waals surface area (Å²) < 4.78 is 66.4. The quantitative estimate of drug-likeness (QED) is 0.0563. The third-order valence-corrected chi connectivity index (χ3v) is 8.83. The van der Waals surface area contributed by atoms with E-state index in [1.165, 1.54) is 83.5 Å². The van der Waals surface area contributed by atoms with Gasteiger partial charge in [0.2, 0.25) is 0 Å². The molecule has 12 nitrogen and oxygen atoms in total. The van der Waals surface area contributed by atoms with Crippen LogP contribution >= 0.6 is 0 Å². The lowest BCUT2D eigenvalue weighted by Crippen LogP contribution is -2.15. The molecule has 0 aliphatic rings. The van der Waals surface area contributed by atoms with Gasteiger partial charge in [0.25, 0.3) is 0 Å². The maximum absolute atomic E-state index is 5.69. The van der Waals surface area contributed by atoms with Crippen molar-refractivity contribution in [2.75, 3.05) is 159 Å². The Bertz CT molecular complexity index is 663. The van der Waals surface area contributed by atoms with Crippen molar-refractivity contribution in [3.05, 3.63) is 0 Å². The van der Waals surface area contributed by atoms with Crippen molar-refractivity contribution >= 4 is 0 Å². The molecule has 0 amide bonds. The molecule has 0 aromatic heterocycles. The van der Waals surface area contributed by atoms with Crippen LogP contribution in [-0.2, 0) is 56.8 Å². The molecule has 0 fully saturated rings. The Labute approximate surface area is 337 Å². The number of hydrogen-bond donors (Lipinski definition) is 0. The van der Waals surface area contributed by atoms with Crippen LogP contribution in [0.1, 0.15) is 117 Å². The van der Waals surface area contributed by atoms with E-state index in [1.807, 2.05) is 0 Å². The highest BCUT2D eigenvalue weighted by atomic mass is 16.6. The SMILES string of the molecule is CCCCCCCCCCCCCCCCOCCOCCOCCOCCOCCOCCOCCOCCOCCOCCOCCOCC(C)CC. The van der Waals surface area contributed by atoms with Gasteiger partial charge in [-0.15, -0.1) is 0 Å². The largest absolute Gasteiger partial charge is 0.379 e. The van der Waals surface area contributed by atoms with Crippen molar-refractivity contribution < 1.29 is 56.8 Å². The molecule has 332 valence electrons. The van der Waals surface area contributed by atoms with Crippen LogP contribution in [0.3, 0.4) is 0 Å². The first-order valence-electron chi connectivity index (χ1n) is 22.2. The van der Waals surface area contributed by atoms with E-state index in [1.54, 1.807) is 0 Å². The topological polar surface area (TPSA) is 111 Å². The predicted molar refractivity (Wildman–Crippen MR) is 220 cm³/mol. The molecule has 0 radical (unpaired) electrons. The summed E-state index contributed by atoms with van der Waals surface area (Å²) in [7, 11) is 0. The average Bonchev–Trinajstić information content (AvgIpc) is 3.20. The van der Waals surface area contributed by atoms with E-state index in [-0.39, 0.29) is 0 Å². The van der Waals surface area contributed by atoms with Crippen LogP contribution in [0, 0.1) is 5.92 Å². The van der Waals surface area contributed by atoms with Gasteiger partial charge in [-0.3, -0.25) is 0 Å². The van der Waals surface area contributed by atoms with E-state index in [0.717, 1.165) is 26.1 Å². The molecule has 0 aliphatic heterocycles. The molecule has 0 saturated heterocycles. The maximum atomic E-state index is 5.69. The van der Waals surface area contributed by atoms with Gasteiger partial charge in [0.15, 0.2) is 0 Å². The van der Waals surface area contributed by atoms with Gasteiger partial charge in [0.05, 0.1) is 145 Å². The van der Waals surface area contributed by atoms with Crippen LogP contribution in [0.25, 0.3) is 0 Å². The molecule has 55 heavy (non-hydrogen) atoms. The summed E-state index contributed by atoms with van der Waals surface area (Å²) in [6.07, 6.45) is 20.4. The van der Waals surface area contributed by atoms with Crippen LogP contribution < -0.4 is 0 Å². The molecule has 0 saturated carbocycles. The van der Waals surface area contributed by atoms with Gasteiger partial charge in [0.1, 0.15) is 0 Å². The zero-order valence-corrected chi connectivity index (χ0v) is 36.1. The molecule has 0 aromatic rings. The standard InChI is InChI=1S/C43H88O12/c1-4-6-7-8-9-10-11-12-13-14-15-16-17-18-19-44-20-21-45-22-23-46-24-25-47-26-27-48-28-29-49-30-31-50-32-33-51-34-35-52-36-37-53-38-39-54-40-41-55-42-43(3)5-2/h43H,4-42H2,1-3H3. The molecule has 0 heterocycles. The van der Waals surface area contributed by atoms with Gasteiger partial charge in [-0.1, -0.05) is 111 Å². The van der Waals surface area contributed by atoms with E-state index >= 15 is 0 Å². The van der Waals surface area contributed by atoms with Gasteiger partial charge in [-0.2, -0.15) is 0 Å². The van der Waals surface area contributed by atoms with Gasteiger partial charge in [0, 0.05) is 13.2 Å².